The molecule has 2 aromatic rings. The van der Waals surface area contributed by atoms with Crippen molar-refractivity contribution in [3.63, 3.8) is 0 Å². The van der Waals surface area contributed by atoms with Crippen molar-refractivity contribution < 1.29 is 9.53 Å². The van der Waals surface area contributed by atoms with E-state index >= 15 is 0 Å². The minimum Gasteiger partial charge on any atom is -0.444 e. The van der Waals surface area contributed by atoms with E-state index in [0.29, 0.717) is 29.7 Å². The summed E-state index contributed by atoms with van der Waals surface area (Å²) in [6, 6.07) is 16.1. The fourth-order valence-electron chi connectivity index (χ4n) is 3.91. The van der Waals surface area contributed by atoms with Gasteiger partial charge < -0.3 is 10.5 Å². The van der Waals surface area contributed by atoms with Gasteiger partial charge in [-0.1, -0.05) is 49.4 Å². The van der Waals surface area contributed by atoms with Crippen molar-refractivity contribution in [2.24, 2.45) is 11.7 Å². The third-order valence-corrected chi connectivity index (χ3v) is 5.00. The Bertz CT molecular complexity index is 989. The van der Waals surface area contributed by atoms with E-state index in [1.165, 1.54) is 0 Å². The largest absolute Gasteiger partial charge is 0.444 e. The van der Waals surface area contributed by atoms with E-state index in [-0.39, 0.29) is 17.6 Å². The molecule has 0 bridgehead atoms. The molecule has 4 rings (SSSR count). The summed E-state index contributed by atoms with van der Waals surface area (Å²) in [5.41, 5.74) is 7.89. The van der Waals surface area contributed by atoms with Crippen LogP contribution in [-0.4, -0.2) is 5.78 Å². The zero-order chi connectivity index (χ0) is 17.6. The molecule has 0 amide bonds. The van der Waals surface area contributed by atoms with Crippen LogP contribution in [0, 0.1) is 17.2 Å². The lowest BCUT2D eigenvalue weighted by atomic mass is 9.74. The van der Waals surface area contributed by atoms with Crippen LogP contribution in [0.3, 0.4) is 0 Å². The second kappa shape index (κ2) is 5.78. The molecule has 2 atom stereocenters. The molecule has 2 aliphatic rings. The van der Waals surface area contributed by atoms with Gasteiger partial charge in [-0.3, -0.25) is 4.79 Å². The van der Waals surface area contributed by atoms with Crippen LogP contribution in [0.5, 0.6) is 0 Å². The molecule has 0 aromatic heterocycles. The van der Waals surface area contributed by atoms with Crippen LogP contribution in [0.4, 0.5) is 0 Å². The lowest BCUT2D eigenvalue weighted by Gasteiger charge is -2.33. The summed E-state index contributed by atoms with van der Waals surface area (Å²) < 4.78 is 5.69. The molecule has 25 heavy (non-hydrogen) atoms. The monoisotopic (exact) mass is 330 g/mol. The average Bonchev–Trinajstić information content (AvgIpc) is 2.60. The van der Waals surface area contributed by atoms with Crippen LogP contribution in [0.1, 0.15) is 31.2 Å². The van der Waals surface area contributed by atoms with Crippen molar-refractivity contribution in [1.29, 1.82) is 5.26 Å². The molecule has 0 spiro atoms. The number of allylic oxidation sites excluding steroid dienone is 3. The molecule has 4 nitrogen and oxygen atoms in total. The molecule has 0 unspecified atom stereocenters. The smallest absolute Gasteiger partial charge is 0.205 e. The predicted molar refractivity (Wildman–Crippen MR) is 95.0 cm³/mol. The molecule has 1 aliphatic carbocycles. The summed E-state index contributed by atoms with van der Waals surface area (Å²) in [5.74, 6) is 0.543. The highest BCUT2D eigenvalue weighted by atomic mass is 16.5. The van der Waals surface area contributed by atoms with Gasteiger partial charge in [0.05, 0.1) is 5.92 Å². The normalized spacial score (nSPS) is 23.3. The molecule has 0 saturated heterocycles. The number of nitrogens with zero attached hydrogens (tertiary/aromatic N) is 1. The Morgan fingerprint density at radius 1 is 1.16 bits per heavy atom. The van der Waals surface area contributed by atoms with Gasteiger partial charge in [0, 0.05) is 18.4 Å². The number of ether oxygens (including phenoxy) is 1. The Hall–Kier alpha value is -3.06. The number of fused-ring (bicyclic) bond motifs is 1. The first-order chi connectivity index (χ1) is 12.1. The van der Waals surface area contributed by atoms with E-state index in [1.807, 2.05) is 49.4 Å². The van der Waals surface area contributed by atoms with Crippen LogP contribution in [0.25, 0.3) is 10.8 Å². The standard InChI is InChI=1S/C21H18N2O2/c1-12-9-17(24)20-18(10-12)25-21(23)16(11-22)19(20)15-8-4-6-13-5-2-3-7-14(13)15/h2-8,12,19H,9-10,23H2,1H3/t12-,19-/m1/s1. The Morgan fingerprint density at radius 2 is 1.92 bits per heavy atom. The van der Waals surface area contributed by atoms with Gasteiger partial charge in [0.25, 0.3) is 0 Å². The predicted octanol–water partition coefficient (Wildman–Crippen LogP) is 3.90. The highest BCUT2D eigenvalue weighted by molar-refractivity contribution is 6.01. The van der Waals surface area contributed by atoms with Crippen molar-refractivity contribution in [2.75, 3.05) is 0 Å². The van der Waals surface area contributed by atoms with Crippen molar-refractivity contribution in [1.82, 2.24) is 0 Å². The third-order valence-electron chi connectivity index (χ3n) is 5.00. The molecule has 124 valence electrons. The molecule has 0 saturated carbocycles. The summed E-state index contributed by atoms with van der Waals surface area (Å²) in [6.45, 7) is 2.03. The number of carbonyl (C=O) groups is 1. The number of ketones is 1. The van der Waals surface area contributed by atoms with Crippen molar-refractivity contribution in [2.45, 2.75) is 25.7 Å². The molecule has 2 aromatic carbocycles. The number of rotatable bonds is 1. The first-order valence-corrected chi connectivity index (χ1v) is 8.41. The van der Waals surface area contributed by atoms with Crippen LogP contribution >= 0.6 is 0 Å². The van der Waals surface area contributed by atoms with E-state index in [1.54, 1.807) is 0 Å². The van der Waals surface area contributed by atoms with Crippen molar-refractivity contribution in [3.05, 3.63) is 70.8 Å². The highest BCUT2D eigenvalue weighted by Gasteiger charge is 2.40. The minimum absolute atomic E-state index is 0.0481. The lowest BCUT2D eigenvalue weighted by Crippen LogP contribution is -2.29. The summed E-state index contributed by atoms with van der Waals surface area (Å²) in [7, 11) is 0. The summed E-state index contributed by atoms with van der Waals surface area (Å²) >= 11 is 0. The second-order valence-corrected chi connectivity index (χ2v) is 6.77. The number of Topliss-reactive ketones (excluding diaryl/α,β-unsaturated/α-hetero) is 1. The van der Waals surface area contributed by atoms with Crippen LogP contribution in [0.15, 0.2) is 65.3 Å². The molecule has 0 radical (unpaired) electrons. The number of nitriles is 1. The summed E-state index contributed by atoms with van der Waals surface area (Å²) in [6.07, 6.45) is 1.14. The van der Waals surface area contributed by atoms with Gasteiger partial charge in [0.2, 0.25) is 5.88 Å². The van der Waals surface area contributed by atoms with E-state index < -0.39 is 5.92 Å². The van der Waals surface area contributed by atoms with Crippen LogP contribution in [0.2, 0.25) is 0 Å². The van der Waals surface area contributed by atoms with Crippen LogP contribution < -0.4 is 5.73 Å². The van der Waals surface area contributed by atoms with Gasteiger partial charge in [0.15, 0.2) is 5.78 Å². The van der Waals surface area contributed by atoms with Crippen LogP contribution in [-0.2, 0) is 9.53 Å². The quantitative estimate of drug-likeness (QED) is 0.860. The Kier molecular flexibility index (Phi) is 3.58. The van der Waals surface area contributed by atoms with Gasteiger partial charge in [0.1, 0.15) is 17.4 Å². The summed E-state index contributed by atoms with van der Waals surface area (Å²) in [5, 5.41) is 11.8. The van der Waals surface area contributed by atoms with E-state index in [9.17, 15) is 10.1 Å². The summed E-state index contributed by atoms with van der Waals surface area (Å²) in [4.78, 5) is 12.8. The average molecular weight is 330 g/mol. The molecular weight excluding hydrogens is 312 g/mol. The maximum absolute atomic E-state index is 12.8. The zero-order valence-corrected chi connectivity index (χ0v) is 14.0. The maximum Gasteiger partial charge on any atom is 0.205 e. The number of hydrogen-bond donors (Lipinski definition) is 1. The number of benzene rings is 2. The molecule has 1 aliphatic heterocycles. The number of nitrogens with two attached hydrogens (primary N) is 1. The maximum atomic E-state index is 12.8. The third kappa shape index (κ3) is 2.40. The van der Waals surface area contributed by atoms with E-state index in [0.717, 1.165) is 16.3 Å². The lowest BCUT2D eigenvalue weighted by molar-refractivity contribution is -0.117. The number of hydrogen-bond acceptors (Lipinski definition) is 4. The van der Waals surface area contributed by atoms with E-state index in [4.69, 9.17) is 10.5 Å². The van der Waals surface area contributed by atoms with Crippen molar-refractivity contribution in [3.8, 4) is 6.07 Å². The fourth-order valence-corrected chi connectivity index (χ4v) is 3.91. The Balaban J connectivity index is 2.00. The van der Waals surface area contributed by atoms with E-state index in [2.05, 4.69) is 6.07 Å². The zero-order valence-electron chi connectivity index (χ0n) is 14.0. The first kappa shape index (κ1) is 15.5. The van der Waals surface area contributed by atoms with Gasteiger partial charge in [-0.15, -0.1) is 0 Å². The fraction of sp³-hybridized carbons (Fsp3) is 0.238. The second-order valence-electron chi connectivity index (χ2n) is 6.77. The van der Waals surface area contributed by atoms with Gasteiger partial charge in [-0.2, -0.15) is 5.26 Å². The SMILES string of the molecule is C[C@@H]1CC(=O)C2=C(C1)OC(N)=C(C#N)[C@H]2c1cccc2ccccc12. The molecule has 0 fully saturated rings. The molecular formula is C21H18N2O2. The van der Waals surface area contributed by atoms with Gasteiger partial charge in [-0.05, 0) is 22.3 Å². The highest BCUT2D eigenvalue weighted by Crippen LogP contribution is 2.45. The first-order valence-electron chi connectivity index (χ1n) is 8.41. The molecule has 2 N–H and O–H groups in total. The molecule has 1 heterocycles. The van der Waals surface area contributed by atoms with Gasteiger partial charge >= 0.3 is 0 Å². The number of carbonyl (C=O) groups excluding carboxylic acids is 1. The Morgan fingerprint density at radius 3 is 2.72 bits per heavy atom. The molecule has 4 heteroatoms. The topological polar surface area (TPSA) is 76.1 Å². The van der Waals surface area contributed by atoms with Crippen molar-refractivity contribution >= 4 is 16.6 Å². The Labute approximate surface area is 146 Å². The van der Waals surface area contributed by atoms with Gasteiger partial charge in [-0.25, -0.2) is 0 Å². The minimum atomic E-state index is -0.458.